The number of carboxylic acids is 1. The molecule has 0 aromatic heterocycles. The molecule has 2 aromatic carbocycles. The van der Waals surface area contributed by atoms with Crippen LogP contribution in [0.3, 0.4) is 0 Å². The number of carbonyl (C=O) groups is 2. The number of carboxylic acid groups (broad SMARTS) is 1. The van der Waals surface area contributed by atoms with Crippen LogP contribution in [0.25, 0.3) is 0 Å². The molecule has 0 spiro atoms. The Labute approximate surface area is 164 Å². The standard InChI is InChI=1S/C21H25NO6/c1-14(16-6-5-7-17(10-16)26-2)21(25)22(13-20(23)24)12-15-8-18(27-3)11-19(9-15)28-4/h5-11,14H,12-13H2,1-4H3,(H,23,24). The van der Waals surface area contributed by atoms with Crippen molar-refractivity contribution >= 4 is 11.9 Å². The average molecular weight is 387 g/mol. The zero-order valence-electron chi connectivity index (χ0n) is 16.5. The Morgan fingerprint density at radius 1 is 0.964 bits per heavy atom. The number of methoxy groups -OCH3 is 3. The van der Waals surface area contributed by atoms with Gasteiger partial charge in [-0.25, -0.2) is 0 Å². The van der Waals surface area contributed by atoms with E-state index >= 15 is 0 Å². The van der Waals surface area contributed by atoms with Crippen molar-refractivity contribution in [1.82, 2.24) is 4.90 Å². The summed E-state index contributed by atoms with van der Waals surface area (Å²) >= 11 is 0. The molecule has 0 fully saturated rings. The van der Waals surface area contributed by atoms with Gasteiger partial charge in [-0.3, -0.25) is 9.59 Å². The number of nitrogens with zero attached hydrogens (tertiary/aromatic N) is 1. The Bertz CT molecular complexity index is 813. The van der Waals surface area contributed by atoms with E-state index in [9.17, 15) is 14.7 Å². The average Bonchev–Trinajstić information content (AvgIpc) is 2.71. The van der Waals surface area contributed by atoms with Crippen molar-refractivity contribution in [1.29, 1.82) is 0 Å². The molecular formula is C21H25NO6. The van der Waals surface area contributed by atoms with Crippen molar-refractivity contribution in [2.24, 2.45) is 0 Å². The van der Waals surface area contributed by atoms with E-state index in [4.69, 9.17) is 14.2 Å². The lowest BCUT2D eigenvalue weighted by Crippen LogP contribution is -2.37. The molecule has 0 aliphatic carbocycles. The Morgan fingerprint density at radius 2 is 1.57 bits per heavy atom. The highest BCUT2D eigenvalue weighted by atomic mass is 16.5. The van der Waals surface area contributed by atoms with Crippen LogP contribution in [-0.2, 0) is 16.1 Å². The zero-order valence-corrected chi connectivity index (χ0v) is 16.5. The van der Waals surface area contributed by atoms with Gasteiger partial charge in [-0.2, -0.15) is 0 Å². The Morgan fingerprint density at radius 3 is 2.11 bits per heavy atom. The second-order valence-corrected chi connectivity index (χ2v) is 6.31. The van der Waals surface area contributed by atoms with Gasteiger partial charge < -0.3 is 24.2 Å². The monoisotopic (exact) mass is 387 g/mol. The Kier molecular flexibility index (Phi) is 7.26. The van der Waals surface area contributed by atoms with Gasteiger partial charge in [0.25, 0.3) is 0 Å². The molecule has 1 unspecified atom stereocenters. The maximum atomic E-state index is 13.1. The van der Waals surface area contributed by atoms with E-state index in [0.29, 0.717) is 22.8 Å². The van der Waals surface area contributed by atoms with Crippen LogP contribution in [-0.4, -0.2) is 49.8 Å². The van der Waals surface area contributed by atoms with Crippen LogP contribution in [0.1, 0.15) is 24.0 Å². The molecular weight excluding hydrogens is 362 g/mol. The molecule has 7 nitrogen and oxygen atoms in total. The van der Waals surface area contributed by atoms with E-state index < -0.39 is 18.4 Å². The molecule has 7 heteroatoms. The number of amides is 1. The molecule has 0 bridgehead atoms. The predicted octanol–water partition coefficient (Wildman–Crippen LogP) is 2.93. The second-order valence-electron chi connectivity index (χ2n) is 6.31. The van der Waals surface area contributed by atoms with E-state index in [2.05, 4.69) is 0 Å². The zero-order chi connectivity index (χ0) is 20.7. The summed E-state index contributed by atoms with van der Waals surface area (Å²) in [5.41, 5.74) is 1.46. The van der Waals surface area contributed by atoms with Crippen LogP contribution in [0.15, 0.2) is 42.5 Å². The highest BCUT2D eigenvalue weighted by Gasteiger charge is 2.24. The molecule has 0 aliphatic rings. The molecule has 0 saturated carbocycles. The highest BCUT2D eigenvalue weighted by Crippen LogP contribution is 2.26. The fourth-order valence-electron chi connectivity index (χ4n) is 2.88. The predicted molar refractivity (Wildman–Crippen MR) is 104 cm³/mol. The third-order valence-corrected chi connectivity index (χ3v) is 4.39. The third kappa shape index (κ3) is 5.39. The smallest absolute Gasteiger partial charge is 0.323 e. The molecule has 28 heavy (non-hydrogen) atoms. The van der Waals surface area contributed by atoms with Crippen LogP contribution < -0.4 is 14.2 Å². The van der Waals surface area contributed by atoms with E-state index in [0.717, 1.165) is 5.56 Å². The Balaban J connectivity index is 2.29. The number of hydrogen-bond donors (Lipinski definition) is 1. The number of ether oxygens (including phenoxy) is 3. The summed E-state index contributed by atoms with van der Waals surface area (Å²) < 4.78 is 15.7. The van der Waals surface area contributed by atoms with Gasteiger partial charge in [-0.1, -0.05) is 12.1 Å². The van der Waals surface area contributed by atoms with Crippen molar-refractivity contribution in [3.8, 4) is 17.2 Å². The van der Waals surface area contributed by atoms with Gasteiger partial charge in [0.1, 0.15) is 23.8 Å². The normalized spacial score (nSPS) is 11.4. The van der Waals surface area contributed by atoms with Crippen molar-refractivity contribution in [3.05, 3.63) is 53.6 Å². The molecule has 2 rings (SSSR count). The maximum Gasteiger partial charge on any atom is 0.323 e. The highest BCUT2D eigenvalue weighted by molar-refractivity contribution is 5.86. The van der Waals surface area contributed by atoms with Crippen LogP contribution in [0.5, 0.6) is 17.2 Å². The van der Waals surface area contributed by atoms with Gasteiger partial charge >= 0.3 is 5.97 Å². The SMILES string of the molecule is COc1cc(CN(CC(=O)O)C(=O)C(C)c2cccc(OC)c2)cc(OC)c1. The minimum absolute atomic E-state index is 0.118. The minimum atomic E-state index is -1.08. The summed E-state index contributed by atoms with van der Waals surface area (Å²) in [6.45, 7) is 1.46. The minimum Gasteiger partial charge on any atom is -0.497 e. The Hall–Kier alpha value is -3.22. The first kappa shape index (κ1) is 21.1. The lowest BCUT2D eigenvalue weighted by molar-refractivity contribution is -0.145. The molecule has 150 valence electrons. The van der Waals surface area contributed by atoms with Crippen LogP contribution in [0, 0.1) is 0 Å². The fraction of sp³-hybridized carbons (Fsp3) is 0.333. The van der Waals surface area contributed by atoms with Crippen molar-refractivity contribution in [2.45, 2.75) is 19.4 Å². The maximum absolute atomic E-state index is 13.1. The number of carbonyl (C=O) groups excluding carboxylic acids is 1. The van der Waals surface area contributed by atoms with E-state index in [1.807, 2.05) is 6.07 Å². The summed E-state index contributed by atoms with van der Waals surface area (Å²) in [5, 5.41) is 9.28. The van der Waals surface area contributed by atoms with Crippen molar-refractivity contribution < 1.29 is 28.9 Å². The quantitative estimate of drug-likeness (QED) is 0.712. The molecule has 0 saturated heterocycles. The molecule has 2 aromatic rings. The first-order chi connectivity index (χ1) is 13.4. The van der Waals surface area contributed by atoms with Gasteiger partial charge in [-0.15, -0.1) is 0 Å². The lowest BCUT2D eigenvalue weighted by Gasteiger charge is -2.25. The summed E-state index contributed by atoms with van der Waals surface area (Å²) in [7, 11) is 4.62. The van der Waals surface area contributed by atoms with Crippen molar-refractivity contribution in [3.63, 3.8) is 0 Å². The summed E-state index contributed by atoms with van der Waals surface area (Å²) in [4.78, 5) is 25.7. The number of rotatable bonds is 9. The number of benzene rings is 2. The van der Waals surface area contributed by atoms with Gasteiger partial charge in [0.05, 0.1) is 27.2 Å². The molecule has 0 radical (unpaired) electrons. The van der Waals surface area contributed by atoms with Crippen LogP contribution in [0.2, 0.25) is 0 Å². The first-order valence-electron chi connectivity index (χ1n) is 8.74. The lowest BCUT2D eigenvalue weighted by atomic mass is 9.99. The fourth-order valence-corrected chi connectivity index (χ4v) is 2.88. The molecule has 0 heterocycles. The van der Waals surface area contributed by atoms with Gasteiger partial charge in [0, 0.05) is 12.6 Å². The van der Waals surface area contributed by atoms with Gasteiger partial charge in [-0.05, 0) is 42.3 Å². The van der Waals surface area contributed by atoms with E-state index in [1.165, 1.54) is 19.1 Å². The second kappa shape index (κ2) is 9.64. The van der Waals surface area contributed by atoms with Crippen LogP contribution in [0.4, 0.5) is 0 Å². The number of hydrogen-bond acceptors (Lipinski definition) is 5. The topological polar surface area (TPSA) is 85.3 Å². The summed E-state index contributed by atoms with van der Waals surface area (Å²) in [5.74, 6) is -0.129. The summed E-state index contributed by atoms with van der Waals surface area (Å²) in [6, 6.07) is 12.4. The molecule has 1 amide bonds. The van der Waals surface area contributed by atoms with E-state index in [1.54, 1.807) is 50.4 Å². The van der Waals surface area contributed by atoms with Crippen molar-refractivity contribution in [2.75, 3.05) is 27.9 Å². The first-order valence-corrected chi connectivity index (χ1v) is 8.74. The molecule has 0 aliphatic heterocycles. The van der Waals surface area contributed by atoms with Crippen LogP contribution >= 0.6 is 0 Å². The largest absolute Gasteiger partial charge is 0.497 e. The van der Waals surface area contributed by atoms with Gasteiger partial charge in [0.15, 0.2) is 0 Å². The molecule has 1 atom stereocenters. The van der Waals surface area contributed by atoms with Gasteiger partial charge in [0.2, 0.25) is 5.91 Å². The molecule has 1 N–H and O–H groups in total. The summed E-state index contributed by atoms with van der Waals surface area (Å²) in [6.07, 6.45) is 0. The third-order valence-electron chi connectivity index (χ3n) is 4.39. The van der Waals surface area contributed by atoms with E-state index in [-0.39, 0.29) is 12.5 Å². The number of aliphatic carboxylic acids is 1.